The summed E-state index contributed by atoms with van der Waals surface area (Å²) >= 11 is 0.823. The van der Waals surface area contributed by atoms with Gasteiger partial charge in [-0.15, -0.1) is 24.5 Å². The summed E-state index contributed by atoms with van der Waals surface area (Å²) in [5.74, 6) is -0.445. The number of hydrogen-bond donors (Lipinski definition) is 1. The Bertz CT molecular complexity index is 919. The van der Waals surface area contributed by atoms with Crippen LogP contribution in [0, 0.1) is 0 Å². The third-order valence-electron chi connectivity index (χ3n) is 3.13. The summed E-state index contributed by atoms with van der Waals surface area (Å²) in [6.07, 6.45) is -2.49. The van der Waals surface area contributed by atoms with Crippen LogP contribution in [-0.2, 0) is 14.9 Å². The molecular formula is C16H14F3NO4S2. The normalized spacial score (nSPS) is 14.1. The molecule has 0 radical (unpaired) electrons. The predicted molar refractivity (Wildman–Crippen MR) is 92.8 cm³/mol. The van der Waals surface area contributed by atoms with E-state index >= 15 is 0 Å². The molecule has 1 unspecified atom stereocenters. The van der Waals surface area contributed by atoms with Crippen molar-refractivity contribution in [1.82, 2.24) is 4.98 Å². The number of nitrogens with zero attached hydrogens (tertiary/aromatic N) is 1. The molecule has 140 valence electrons. The van der Waals surface area contributed by atoms with E-state index in [0.717, 1.165) is 24.3 Å². The number of alkyl halides is 3. The molecule has 5 nitrogen and oxygen atoms in total. The van der Waals surface area contributed by atoms with Crippen LogP contribution < -0.4 is 0 Å². The van der Waals surface area contributed by atoms with E-state index in [1.165, 1.54) is 18.2 Å². The first-order valence-electron chi connectivity index (χ1n) is 7.09. The predicted octanol–water partition coefficient (Wildman–Crippen LogP) is 4.66. The molecule has 0 amide bonds. The Balaban J connectivity index is 2.52. The highest BCUT2D eigenvalue weighted by atomic mass is 32.2. The summed E-state index contributed by atoms with van der Waals surface area (Å²) in [5, 5.41) is -1.46. The maximum absolute atomic E-state index is 12.3. The standard InChI is InChI=1S/C16H14F3NO4S2/c1-3-12-13(9-10(2)24-16(17,18)19)25-15(20-12)14(26(21,22)23)11-7-5-4-6-8-11/h3-9,14H,1H2,2H3,(H,21,22,23)/b10-9+. The third-order valence-corrected chi connectivity index (χ3v) is 5.45. The molecule has 0 aliphatic carbocycles. The molecule has 0 aliphatic heterocycles. The van der Waals surface area contributed by atoms with Crippen molar-refractivity contribution in [3.63, 3.8) is 0 Å². The molecule has 0 bridgehead atoms. The van der Waals surface area contributed by atoms with E-state index in [0.29, 0.717) is 0 Å². The van der Waals surface area contributed by atoms with Crippen LogP contribution in [0.3, 0.4) is 0 Å². The van der Waals surface area contributed by atoms with Gasteiger partial charge in [0.2, 0.25) is 0 Å². The molecule has 0 saturated carbocycles. The number of ether oxygens (including phenoxy) is 1. The maximum atomic E-state index is 12.3. The van der Waals surface area contributed by atoms with E-state index < -0.39 is 27.5 Å². The fourth-order valence-electron chi connectivity index (χ4n) is 2.19. The molecule has 1 atom stereocenters. The Labute approximate surface area is 152 Å². The molecule has 1 heterocycles. The van der Waals surface area contributed by atoms with Crippen LogP contribution in [-0.4, -0.2) is 24.3 Å². The Kier molecular flexibility index (Phi) is 5.89. The zero-order chi connectivity index (χ0) is 19.5. The van der Waals surface area contributed by atoms with E-state index in [4.69, 9.17) is 0 Å². The molecule has 0 fully saturated rings. The molecule has 1 N–H and O–H groups in total. The highest BCUT2D eigenvalue weighted by Crippen LogP contribution is 2.35. The van der Waals surface area contributed by atoms with Crippen molar-refractivity contribution in [2.45, 2.75) is 18.5 Å². The Morgan fingerprint density at radius 1 is 1.35 bits per heavy atom. The van der Waals surface area contributed by atoms with Crippen LogP contribution in [0.5, 0.6) is 0 Å². The van der Waals surface area contributed by atoms with Gasteiger partial charge < -0.3 is 4.74 Å². The molecule has 0 aliphatic rings. The topological polar surface area (TPSA) is 76.5 Å². The average Bonchev–Trinajstić information content (AvgIpc) is 2.87. The van der Waals surface area contributed by atoms with E-state index in [9.17, 15) is 26.1 Å². The van der Waals surface area contributed by atoms with Crippen LogP contribution in [0.4, 0.5) is 13.2 Å². The second kappa shape index (κ2) is 7.60. The molecule has 1 aromatic carbocycles. The van der Waals surface area contributed by atoms with Gasteiger partial charge in [0.25, 0.3) is 10.1 Å². The highest BCUT2D eigenvalue weighted by Gasteiger charge is 2.32. The number of aromatic nitrogens is 1. The molecule has 0 saturated heterocycles. The van der Waals surface area contributed by atoms with Gasteiger partial charge in [-0.2, -0.15) is 8.42 Å². The number of halogens is 3. The quantitative estimate of drug-likeness (QED) is 0.559. The summed E-state index contributed by atoms with van der Waals surface area (Å²) in [6.45, 7) is 4.63. The molecule has 2 rings (SSSR count). The minimum absolute atomic E-state index is 0.000316. The minimum atomic E-state index is -4.84. The number of hydrogen-bond acceptors (Lipinski definition) is 5. The summed E-state index contributed by atoms with van der Waals surface area (Å²) in [4.78, 5) is 4.32. The number of thiazole rings is 1. The molecule has 0 spiro atoms. The number of rotatable bonds is 6. The molecule has 2 aromatic rings. The first-order chi connectivity index (χ1) is 12.0. The lowest BCUT2D eigenvalue weighted by molar-refractivity contribution is -0.304. The SMILES string of the molecule is C=Cc1nc(C(c2ccccc2)S(=O)(=O)O)sc1/C=C(\C)OC(F)(F)F. The van der Waals surface area contributed by atoms with Crippen molar-refractivity contribution < 1.29 is 30.9 Å². The number of benzene rings is 1. The largest absolute Gasteiger partial charge is 0.572 e. The fraction of sp³-hybridized carbons (Fsp3) is 0.188. The van der Waals surface area contributed by atoms with Crippen molar-refractivity contribution in [3.8, 4) is 0 Å². The van der Waals surface area contributed by atoms with Gasteiger partial charge in [0.05, 0.1) is 10.6 Å². The number of allylic oxidation sites excluding steroid dienone is 1. The van der Waals surface area contributed by atoms with Gasteiger partial charge in [0.15, 0.2) is 5.25 Å². The van der Waals surface area contributed by atoms with E-state index in [1.54, 1.807) is 18.2 Å². The zero-order valence-electron chi connectivity index (χ0n) is 13.4. The lowest BCUT2D eigenvalue weighted by Crippen LogP contribution is -2.13. The molecule has 10 heteroatoms. The zero-order valence-corrected chi connectivity index (χ0v) is 15.0. The van der Waals surface area contributed by atoms with Gasteiger partial charge in [0, 0.05) is 0 Å². The fourth-order valence-corrected chi connectivity index (χ4v) is 4.58. The first kappa shape index (κ1) is 20.1. The van der Waals surface area contributed by atoms with Gasteiger partial charge in [0.1, 0.15) is 10.8 Å². The highest BCUT2D eigenvalue weighted by molar-refractivity contribution is 7.86. The van der Waals surface area contributed by atoms with E-state index in [-0.39, 0.29) is 21.1 Å². The second-order valence-corrected chi connectivity index (χ2v) is 7.68. The van der Waals surface area contributed by atoms with E-state index in [1.807, 2.05) is 0 Å². The van der Waals surface area contributed by atoms with Crippen molar-refractivity contribution >= 4 is 33.6 Å². The van der Waals surface area contributed by atoms with Crippen LogP contribution in [0.25, 0.3) is 12.2 Å². The summed E-state index contributed by atoms with van der Waals surface area (Å²) < 4.78 is 74.0. The molecule has 1 aromatic heterocycles. The average molecular weight is 405 g/mol. The van der Waals surface area contributed by atoms with Gasteiger partial charge in [-0.3, -0.25) is 4.55 Å². The summed E-state index contributed by atoms with van der Waals surface area (Å²) in [6, 6.07) is 7.87. The van der Waals surface area contributed by atoms with Gasteiger partial charge in [-0.05, 0) is 24.6 Å². The smallest absolute Gasteiger partial charge is 0.411 e. The summed E-state index contributed by atoms with van der Waals surface area (Å²) in [7, 11) is -4.56. The van der Waals surface area contributed by atoms with Gasteiger partial charge >= 0.3 is 6.36 Å². The lowest BCUT2D eigenvalue weighted by Gasteiger charge is -2.11. The van der Waals surface area contributed by atoms with Crippen molar-refractivity contribution in [2.24, 2.45) is 0 Å². The molecular weight excluding hydrogens is 391 g/mol. The summed E-state index contributed by atoms with van der Waals surface area (Å²) in [5.41, 5.74) is 0.456. The Hall–Kier alpha value is -2.17. The van der Waals surface area contributed by atoms with Crippen LogP contribution in [0.15, 0.2) is 42.7 Å². The monoisotopic (exact) mass is 405 g/mol. The molecule has 26 heavy (non-hydrogen) atoms. The van der Waals surface area contributed by atoms with Crippen molar-refractivity contribution in [1.29, 1.82) is 0 Å². The van der Waals surface area contributed by atoms with Gasteiger partial charge in [-0.1, -0.05) is 36.9 Å². The lowest BCUT2D eigenvalue weighted by atomic mass is 10.1. The van der Waals surface area contributed by atoms with Crippen molar-refractivity contribution in [2.75, 3.05) is 0 Å². The Morgan fingerprint density at radius 2 is 1.96 bits per heavy atom. The Morgan fingerprint density at radius 3 is 2.46 bits per heavy atom. The maximum Gasteiger partial charge on any atom is 0.572 e. The minimum Gasteiger partial charge on any atom is -0.411 e. The van der Waals surface area contributed by atoms with Gasteiger partial charge in [-0.25, -0.2) is 4.98 Å². The van der Waals surface area contributed by atoms with Crippen LogP contribution >= 0.6 is 11.3 Å². The van der Waals surface area contributed by atoms with E-state index in [2.05, 4.69) is 16.3 Å². The second-order valence-electron chi connectivity index (χ2n) is 5.11. The van der Waals surface area contributed by atoms with Crippen molar-refractivity contribution in [3.05, 3.63) is 63.8 Å². The first-order valence-corrected chi connectivity index (χ1v) is 9.41. The van der Waals surface area contributed by atoms with Crippen LogP contribution in [0.2, 0.25) is 0 Å². The van der Waals surface area contributed by atoms with Crippen LogP contribution in [0.1, 0.15) is 33.3 Å². The third kappa shape index (κ3) is 5.16.